The molecule has 1 aromatic rings. The van der Waals surface area contributed by atoms with Crippen LogP contribution in [0.5, 0.6) is 0 Å². The third-order valence-electron chi connectivity index (χ3n) is 3.41. The minimum Gasteiger partial charge on any atom is -0.374 e. The van der Waals surface area contributed by atoms with E-state index in [0.717, 1.165) is 26.2 Å². The van der Waals surface area contributed by atoms with Gasteiger partial charge in [0.05, 0.1) is 18.8 Å². The normalized spacial score (nSPS) is 26.0. The first-order valence-electron chi connectivity index (χ1n) is 6.42. The maximum Gasteiger partial charge on any atom is 0.0896 e. The van der Waals surface area contributed by atoms with Gasteiger partial charge in [0.2, 0.25) is 0 Å². The molecule has 3 nitrogen and oxygen atoms in total. The molecule has 0 aliphatic carbocycles. The van der Waals surface area contributed by atoms with Gasteiger partial charge in [-0.3, -0.25) is 4.90 Å². The number of likely N-dealkylation sites (N-methyl/N-ethyl adjacent to an activating group) is 2. The maximum atomic E-state index is 5.91. The van der Waals surface area contributed by atoms with E-state index in [1.165, 1.54) is 5.56 Å². The molecule has 0 aromatic heterocycles. The molecule has 2 unspecified atom stereocenters. The molecule has 1 aliphatic rings. The van der Waals surface area contributed by atoms with E-state index in [0.29, 0.717) is 6.04 Å². The Balaban J connectivity index is 2.22. The third-order valence-corrected chi connectivity index (χ3v) is 3.41. The number of hydrogen-bond acceptors (Lipinski definition) is 3. The van der Waals surface area contributed by atoms with Gasteiger partial charge in [-0.25, -0.2) is 0 Å². The second-order valence-electron chi connectivity index (χ2n) is 4.45. The SMILES string of the molecule is CCN1CCOC(CNC)C1c1ccccc1. The van der Waals surface area contributed by atoms with Crippen molar-refractivity contribution in [3.63, 3.8) is 0 Å². The standard InChI is InChI=1S/C14H22N2O/c1-3-16-9-10-17-13(11-15-2)14(16)12-7-5-4-6-8-12/h4-8,13-15H,3,9-11H2,1-2H3. The van der Waals surface area contributed by atoms with Crippen LogP contribution in [0.15, 0.2) is 30.3 Å². The minimum absolute atomic E-state index is 0.246. The molecule has 0 saturated carbocycles. The molecule has 1 aliphatic heterocycles. The first kappa shape index (κ1) is 12.6. The highest BCUT2D eigenvalue weighted by Gasteiger charge is 2.31. The summed E-state index contributed by atoms with van der Waals surface area (Å²) in [6, 6.07) is 11.1. The van der Waals surface area contributed by atoms with Crippen LogP contribution in [0.4, 0.5) is 0 Å². The monoisotopic (exact) mass is 234 g/mol. The predicted molar refractivity (Wildman–Crippen MR) is 70.1 cm³/mol. The summed E-state index contributed by atoms with van der Waals surface area (Å²) in [5, 5.41) is 3.23. The van der Waals surface area contributed by atoms with Crippen LogP contribution in [0.2, 0.25) is 0 Å². The molecule has 2 atom stereocenters. The molecule has 0 bridgehead atoms. The fourth-order valence-corrected chi connectivity index (χ4v) is 2.59. The van der Waals surface area contributed by atoms with E-state index >= 15 is 0 Å². The molecular formula is C14H22N2O. The lowest BCUT2D eigenvalue weighted by Gasteiger charge is -2.41. The first-order valence-corrected chi connectivity index (χ1v) is 6.42. The second-order valence-corrected chi connectivity index (χ2v) is 4.45. The van der Waals surface area contributed by atoms with Crippen LogP contribution in [0.3, 0.4) is 0 Å². The fraction of sp³-hybridized carbons (Fsp3) is 0.571. The zero-order valence-corrected chi connectivity index (χ0v) is 10.7. The highest BCUT2D eigenvalue weighted by molar-refractivity contribution is 5.21. The number of nitrogens with zero attached hydrogens (tertiary/aromatic N) is 1. The number of benzene rings is 1. The van der Waals surface area contributed by atoms with E-state index in [4.69, 9.17) is 4.74 Å². The number of rotatable bonds is 4. The van der Waals surface area contributed by atoms with Crippen molar-refractivity contribution in [2.24, 2.45) is 0 Å². The highest BCUT2D eigenvalue weighted by atomic mass is 16.5. The lowest BCUT2D eigenvalue weighted by Crippen LogP contribution is -2.48. The van der Waals surface area contributed by atoms with Crippen molar-refractivity contribution in [2.75, 3.05) is 33.3 Å². The van der Waals surface area contributed by atoms with Crippen molar-refractivity contribution in [1.29, 1.82) is 0 Å². The smallest absolute Gasteiger partial charge is 0.0896 e. The first-order chi connectivity index (χ1) is 8.36. The summed E-state index contributed by atoms with van der Waals surface area (Å²) in [6.07, 6.45) is 0.246. The molecule has 0 radical (unpaired) electrons. The van der Waals surface area contributed by atoms with Gasteiger partial charge < -0.3 is 10.1 Å². The van der Waals surface area contributed by atoms with Gasteiger partial charge in [0.1, 0.15) is 0 Å². The summed E-state index contributed by atoms with van der Waals surface area (Å²) in [5.74, 6) is 0. The van der Waals surface area contributed by atoms with E-state index < -0.39 is 0 Å². The van der Waals surface area contributed by atoms with Gasteiger partial charge in [-0.15, -0.1) is 0 Å². The topological polar surface area (TPSA) is 24.5 Å². The molecule has 1 aromatic carbocycles. The van der Waals surface area contributed by atoms with Crippen molar-refractivity contribution >= 4 is 0 Å². The van der Waals surface area contributed by atoms with Crippen LogP contribution in [0, 0.1) is 0 Å². The lowest BCUT2D eigenvalue weighted by molar-refractivity contribution is -0.0686. The van der Waals surface area contributed by atoms with Crippen molar-refractivity contribution < 1.29 is 4.74 Å². The molecule has 2 rings (SSSR count). The predicted octanol–water partition coefficient (Wildman–Crippen LogP) is 1.67. The summed E-state index contributed by atoms with van der Waals surface area (Å²) >= 11 is 0. The molecule has 1 N–H and O–H groups in total. The van der Waals surface area contributed by atoms with E-state index in [9.17, 15) is 0 Å². The number of morpholine rings is 1. The molecule has 1 saturated heterocycles. The third kappa shape index (κ3) is 2.86. The Morgan fingerprint density at radius 3 is 2.76 bits per heavy atom. The van der Waals surface area contributed by atoms with Crippen molar-refractivity contribution in [1.82, 2.24) is 10.2 Å². The van der Waals surface area contributed by atoms with Gasteiger partial charge in [0.15, 0.2) is 0 Å². The Labute approximate surface area is 104 Å². The molecule has 17 heavy (non-hydrogen) atoms. The van der Waals surface area contributed by atoms with Gasteiger partial charge in [0, 0.05) is 13.1 Å². The summed E-state index contributed by atoms with van der Waals surface area (Å²) in [4.78, 5) is 2.50. The van der Waals surface area contributed by atoms with E-state index in [1.807, 2.05) is 7.05 Å². The van der Waals surface area contributed by atoms with Gasteiger partial charge >= 0.3 is 0 Å². The molecular weight excluding hydrogens is 212 g/mol. The quantitative estimate of drug-likeness (QED) is 0.857. The van der Waals surface area contributed by atoms with Crippen molar-refractivity contribution in [2.45, 2.75) is 19.1 Å². The van der Waals surface area contributed by atoms with Crippen LogP contribution in [-0.2, 0) is 4.74 Å². The van der Waals surface area contributed by atoms with Crippen LogP contribution >= 0.6 is 0 Å². The van der Waals surface area contributed by atoms with E-state index in [2.05, 4.69) is 47.5 Å². The van der Waals surface area contributed by atoms with Gasteiger partial charge in [-0.1, -0.05) is 37.3 Å². The lowest BCUT2D eigenvalue weighted by atomic mass is 9.98. The van der Waals surface area contributed by atoms with Crippen LogP contribution < -0.4 is 5.32 Å². The summed E-state index contributed by atoms with van der Waals surface area (Å²) in [5.41, 5.74) is 1.36. The molecule has 1 fully saturated rings. The molecule has 94 valence electrons. The molecule has 0 spiro atoms. The Morgan fingerprint density at radius 2 is 2.12 bits per heavy atom. The fourth-order valence-electron chi connectivity index (χ4n) is 2.59. The number of ether oxygens (including phenoxy) is 1. The average Bonchev–Trinajstić information content (AvgIpc) is 2.40. The Kier molecular flexibility index (Phi) is 4.54. The van der Waals surface area contributed by atoms with Crippen LogP contribution in [-0.4, -0.2) is 44.3 Å². The minimum atomic E-state index is 0.246. The largest absolute Gasteiger partial charge is 0.374 e. The van der Waals surface area contributed by atoms with Crippen molar-refractivity contribution in [3.05, 3.63) is 35.9 Å². The summed E-state index contributed by atoms with van der Waals surface area (Å²) < 4.78 is 5.91. The number of hydrogen-bond donors (Lipinski definition) is 1. The Bertz CT molecular complexity index is 326. The van der Waals surface area contributed by atoms with E-state index in [-0.39, 0.29) is 6.10 Å². The highest BCUT2D eigenvalue weighted by Crippen LogP contribution is 2.28. The Morgan fingerprint density at radius 1 is 1.35 bits per heavy atom. The maximum absolute atomic E-state index is 5.91. The van der Waals surface area contributed by atoms with Crippen molar-refractivity contribution in [3.8, 4) is 0 Å². The Hall–Kier alpha value is -0.900. The number of nitrogens with one attached hydrogen (secondary N) is 1. The van der Waals surface area contributed by atoms with Crippen LogP contribution in [0.1, 0.15) is 18.5 Å². The van der Waals surface area contributed by atoms with Gasteiger partial charge in [-0.2, -0.15) is 0 Å². The van der Waals surface area contributed by atoms with Gasteiger partial charge in [0.25, 0.3) is 0 Å². The molecule has 3 heteroatoms. The average molecular weight is 234 g/mol. The zero-order valence-electron chi connectivity index (χ0n) is 10.7. The molecule has 0 amide bonds. The van der Waals surface area contributed by atoms with Crippen LogP contribution in [0.25, 0.3) is 0 Å². The summed E-state index contributed by atoms with van der Waals surface area (Å²) in [6.45, 7) is 6.05. The molecule has 1 heterocycles. The van der Waals surface area contributed by atoms with Gasteiger partial charge in [-0.05, 0) is 19.2 Å². The summed E-state index contributed by atoms with van der Waals surface area (Å²) in [7, 11) is 1.98. The van der Waals surface area contributed by atoms with E-state index in [1.54, 1.807) is 0 Å². The second kappa shape index (κ2) is 6.15. The zero-order chi connectivity index (χ0) is 12.1.